The minimum Gasteiger partial charge on any atom is -0.313 e. The molecule has 1 saturated carbocycles. The van der Waals surface area contributed by atoms with Crippen molar-refractivity contribution in [2.24, 2.45) is 17.3 Å². The molecule has 0 saturated heterocycles. The number of hydrogen-bond acceptors (Lipinski definition) is 1. The summed E-state index contributed by atoms with van der Waals surface area (Å²) in [6.45, 7) is 9.29. The van der Waals surface area contributed by atoms with E-state index in [9.17, 15) is 0 Å². The lowest BCUT2D eigenvalue weighted by Gasteiger charge is -2.19. The molecule has 1 aliphatic carbocycles. The van der Waals surface area contributed by atoms with Crippen LogP contribution in [0.3, 0.4) is 0 Å². The molecule has 0 bridgehead atoms. The maximum Gasteiger partial charge on any atom is 0.0351 e. The second kappa shape index (κ2) is 5.05. The molecule has 0 aromatic heterocycles. The van der Waals surface area contributed by atoms with Crippen molar-refractivity contribution in [2.75, 3.05) is 7.05 Å². The number of rotatable bonds is 5. The van der Waals surface area contributed by atoms with Crippen molar-refractivity contribution < 1.29 is 0 Å². The quantitative estimate of drug-likeness (QED) is 0.820. The monoisotopic (exact) mass is 245 g/mol. The molecule has 0 spiro atoms. The summed E-state index contributed by atoms with van der Waals surface area (Å²) in [4.78, 5) is 0. The molecule has 2 atom stereocenters. The normalized spacial score (nSPS) is 23.1. The van der Waals surface area contributed by atoms with Crippen molar-refractivity contribution in [3.63, 3.8) is 0 Å². The van der Waals surface area contributed by atoms with Crippen molar-refractivity contribution in [2.45, 2.75) is 46.6 Å². The molecule has 1 aromatic rings. The Morgan fingerprint density at radius 2 is 1.78 bits per heavy atom. The molecule has 1 N–H and O–H groups in total. The molecule has 0 aliphatic heterocycles. The zero-order valence-corrected chi connectivity index (χ0v) is 12.5. The fourth-order valence-electron chi connectivity index (χ4n) is 3.01. The van der Waals surface area contributed by atoms with Crippen LogP contribution < -0.4 is 5.32 Å². The molecule has 0 heterocycles. The van der Waals surface area contributed by atoms with E-state index in [-0.39, 0.29) is 0 Å². The van der Waals surface area contributed by atoms with Crippen LogP contribution in [0.15, 0.2) is 24.3 Å². The average Bonchev–Trinajstić information content (AvgIpc) is 2.90. The molecule has 18 heavy (non-hydrogen) atoms. The van der Waals surface area contributed by atoms with Crippen molar-refractivity contribution in [1.82, 2.24) is 5.32 Å². The minimum atomic E-state index is 0.518. The molecule has 2 unspecified atom stereocenters. The van der Waals surface area contributed by atoms with Crippen LogP contribution in [0.2, 0.25) is 0 Å². The van der Waals surface area contributed by atoms with Crippen molar-refractivity contribution >= 4 is 0 Å². The van der Waals surface area contributed by atoms with Gasteiger partial charge in [-0.05, 0) is 48.3 Å². The lowest BCUT2D eigenvalue weighted by Crippen LogP contribution is -2.20. The Morgan fingerprint density at radius 1 is 1.22 bits per heavy atom. The van der Waals surface area contributed by atoms with E-state index in [1.165, 1.54) is 24.0 Å². The Morgan fingerprint density at radius 3 is 2.17 bits per heavy atom. The van der Waals surface area contributed by atoms with Gasteiger partial charge in [-0.1, -0.05) is 52.0 Å². The summed E-state index contributed by atoms with van der Waals surface area (Å²) in [5, 5.41) is 3.50. The van der Waals surface area contributed by atoms with Gasteiger partial charge in [0.05, 0.1) is 0 Å². The molecule has 0 amide bonds. The van der Waals surface area contributed by atoms with E-state index in [2.05, 4.69) is 64.3 Å². The van der Waals surface area contributed by atoms with Gasteiger partial charge in [0.1, 0.15) is 0 Å². The second-order valence-corrected chi connectivity index (χ2v) is 6.91. The Labute approximate surface area is 112 Å². The van der Waals surface area contributed by atoms with E-state index in [4.69, 9.17) is 0 Å². The minimum absolute atomic E-state index is 0.518. The van der Waals surface area contributed by atoms with Crippen LogP contribution in [-0.2, 0) is 6.42 Å². The van der Waals surface area contributed by atoms with Crippen LogP contribution >= 0.6 is 0 Å². The molecular formula is C17H27N. The summed E-state index contributed by atoms with van der Waals surface area (Å²) in [6, 6.07) is 9.75. The van der Waals surface area contributed by atoms with Crippen LogP contribution in [0.5, 0.6) is 0 Å². The Hall–Kier alpha value is -0.820. The van der Waals surface area contributed by atoms with Gasteiger partial charge in [0, 0.05) is 6.04 Å². The van der Waals surface area contributed by atoms with Gasteiger partial charge >= 0.3 is 0 Å². The third-order valence-corrected chi connectivity index (χ3v) is 4.29. The highest BCUT2D eigenvalue weighted by Crippen LogP contribution is 2.57. The fourth-order valence-corrected chi connectivity index (χ4v) is 3.01. The lowest BCUT2D eigenvalue weighted by molar-refractivity contribution is 0.441. The largest absolute Gasteiger partial charge is 0.313 e. The Kier molecular flexibility index (Phi) is 3.82. The molecule has 1 heteroatoms. The van der Waals surface area contributed by atoms with Gasteiger partial charge < -0.3 is 5.32 Å². The first kappa shape index (κ1) is 13.6. The molecule has 1 aliphatic rings. The summed E-state index contributed by atoms with van der Waals surface area (Å²) in [5.41, 5.74) is 3.42. The maximum absolute atomic E-state index is 3.50. The third-order valence-electron chi connectivity index (χ3n) is 4.29. The van der Waals surface area contributed by atoms with E-state index >= 15 is 0 Å². The van der Waals surface area contributed by atoms with Crippen molar-refractivity contribution in [3.05, 3.63) is 35.4 Å². The smallest absolute Gasteiger partial charge is 0.0351 e. The first-order chi connectivity index (χ1) is 8.44. The SMILES string of the molecule is CNC(c1ccc(CC(C)C)cc1)C1CC1(C)C. The first-order valence-corrected chi connectivity index (χ1v) is 7.20. The van der Waals surface area contributed by atoms with Gasteiger partial charge in [-0.2, -0.15) is 0 Å². The third kappa shape index (κ3) is 2.95. The standard InChI is InChI=1S/C17H27N/c1-12(2)10-13-6-8-14(9-7-13)16(18-5)15-11-17(15,3)4/h6-9,12,15-16,18H,10-11H2,1-5H3. The Bertz CT molecular complexity index is 389. The van der Waals surface area contributed by atoms with Gasteiger partial charge in [-0.15, -0.1) is 0 Å². The van der Waals surface area contributed by atoms with Crippen LogP contribution in [0.1, 0.15) is 51.3 Å². The number of benzene rings is 1. The van der Waals surface area contributed by atoms with Crippen molar-refractivity contribution in [3.8, 4) is 0 Å². The van der Waals surface area contributed by atoms with Gasteiger partial charge in [-0.3, -0.25) is 0 Å². The first-order valence-electron chi connectivity index (χ1n) is 7.20. The predicted molar refractivity (Wildman–Crippen MR) is 78.7 cm³/mol. The lowest BCUT2D eigenvalue weighted by atomic mass is 9.95. The van der Waals surface area contributed by atoms with E-state index in [0.717, 1.165) is 11.8 Å². The molecule has 1 fully saturated rings. The van der Waals surface area contributed by atoms with Crippen LogP contribution in [0.25, 0.3) is 0 Å². The Balaban J connectivity index is 2.08. The van der Waals surface area contributed by atoms with E-state index in [0.29, 0.717) is 11.5 Å². The van der Waals surface area contributed by atoms with Crippen LogP contribution in [0, 0.1) is 17.3 Å². The predicted octanol–water partition coefficient (Wildman–Crippen LogP) is 4.19. The molecular weight excluding hydrogens is 218 g/mol. The summed E-state index contributed by atoms with van der Waals surface area (Å²) in [6.07, 6.45) is 2.52. The van der Waals surface area contributed by atoms with Gasteiger partial charge in [0.15, 0.2) is 0 Å². The highest BCUT2D eigenvalue weighted by molar-refractivity contribution is 5.27. The number of hydrogen-bond donors (Lipinski definition) is 1. The van der Waals surface area contributed by atoms with E-state index < -0.39 is 0 Å². The zero-order chi connectivity index (χ0) is 13.3. The molecule has 1 nitrogen and oxygen atoms in total. The van der Waals surface area contributed by atoms with Crippen LogP contribution in [0.4, 0.5) is 0 Å². The molecule has 0 radical (unpaired) electrons. The number of nitrogens with one attached hydrogen (secondary N) is 1. The van der Waals surface area contributed by atoms with E-state index in [1.807, 2.05) is 0 Å². The second-order valence-electron chi connectivity index (χ2n) is 6.91. The molecule has 100 valence electrons. The van der Waals surface area contributed by atoms with Gasteiger partial charge in [-0.25, -0.2) is 0 Å². The van der Waals surface area contributed by atoms with E-state index in [1.54, 1.807) is 0 Å². The molecule has 2 rings (SSSR count). The highest BCUT2D eigenvalue weighted by atomic mass is 14.9. The highest BCUT2D eigenvalue weighted by Gasteiger charge is 2.49. The summed E-state index contributed by atoms with van der Waals surface area (Å²) < 4.78 is 0. The van der Waals surface area contributed by atoms with Crippen molar-refractivity contribution in [1.29, 1.82) is 0 Å². The summed E-state index contributed by atoms with van der Waals surface area (Å²) in [5.74, 6) is 1.52. The summed E-state index contributed by atoms with van der Waals surface area (Å²) >= 11 is 0. The van der Waals surface area contributed by atoms with Crippen LogP contribution in [-0.4, -0.2) is 7.05 Å². The van der Waals surface area contributed by atoms with Gasteiger partial charge in [0.25, 0.3) is 0 Å². The summed E-state index contributed by atoms with van der Waals surface area (Å²) in [7, 11) is 2.08. The fraction of sp³-hybridized carbons (Fsp3) is 0.647. The molecule has 1 aromatic carbocycles. The average molecular weight is 245 g/mol. The topological polar surface area (TPSA) is 12.0 Å². The zero-order valence-electron chi connectivity index (χ0n) is 12.5. The van der Waals surface area contributed by atoms with Gasteiger partial charge in [0.2, 0.25) is 0 Å². The maximum atomic E-state index is 3.50.